The Balaban J connectivity index is 2.20. The van der Waals surface area contributed by atoms with Gasteiger partial charge in [0.2, 0.25) is 6.30 Å². The SMILES string of the molecule is FC(c1ccccc1)N(S)c1ccccc1. The lowest BCUT2D eigenvalue weighted by Crippen LogP contribution is -2.14. The van der Waals surface area contributed by atoms with Gasteiger partial charge in [-0.1, -0.05) is 61.3 Å². The van der Waals surface area contributed by atoms with Crippen molar-refractivity contribution in [2.45, 2.75) is 6.30 Å². The number of alkyl halides is 1. The van der Waals surface area contributed by atoms with Crippen LogP contribution in [0.4, 0.5) is 10.1 Å². The van der Waals surface area contributed by atoms with Gasteiger partial charge in [-0.15, -0.1) is 0 Å². The van der Waals surface area contributed by atoms with Gasteiger partial charge < -0.3 is 0 Å². The molecule has 0 amide bonds. The van der Waals surface area contributed by atoms with Crippen molar-refractivity contribution >= 4 is 18.5 Å². The highest BCUT2D eigenvalue weighted by Crippen LogP contribution is 2.29. The van der Waals surface area contributed by atoms with Crippen molar-refractivity contribution in [2.24, 2.45) is 0 Å². The second kappa shape index (κ2) is 5.03. The highest BCUT2D eigenvalue weighted by Gasteiger charge is 2.16. The number of thiol groups is 1. The number of hydrogen-bond donors (Lipinski definition) is 1. The van der Waals surface area contributed by atoms with Gasteiger partial charge in [0, 0.05) is 5.56 Å². The third kappa shape index (κ3) is 2.36. The maximum atomic E-state index is 14.1. The van der Waals surface area contributed by atoms with Crippen LogP contribution >= 0.6 is 12.8 Å². The largest absolute Gasteiger partial charge is 0.283 e. The van der Waals surface area contributed by atoms with Crippen LogP contribution in [0.2, 0.25) is 0 Å². The average molecular weight is 233 g/mol. The van der Waals surface area contributed by atoms with E-state index in [2.05, 4.69) is 12.8 Å². The molecule has 1 nitrogen and oxygen atoms in total. The van der Waals surface area contributed by atoms with Crippen LogP contribution in [-0.2, 0) is 0 Å². The normalized spacial score (nSPS) is 12.1. The fraction of sp³-hybridized carbons (Fsp3) is 0.0769. The smallest absolute Gasteiger partial charge is 0.207 e. The standard InChI is InChI=1S/C13H12FNS/c14-13(11-7-3-1-4-8-11)15(16)12-9-5-2-6-10-12/h1-10,13,16H. The van der Waals surface area contributed by atoms with Crippen LogP contribution in [0.25, 0.3) is 0 Å². The third-order valence-electron chi connectivity index (χ3n) is 2.31. The van der Waals surface area contributed by atoms with Gasteiger partial charge in [-0.3, -0.25) is 4.31 Å². The van der Waals surface area contributed by atoms with Crippen LogP contribution in [0.5, 0.6) is 0 Å². The Morgan fingerprint density at radius 3 is 1.94 bits per heavy atom. The topological polar surface area (TPSA) is 3.24 Å². The van der Waals surface area contributed by atoms with Gasteiger partial charge in [0.25, 0.3) is 0 Å². The molecule has 0 fully saturated rings. The van der Waals surface area contributed by atoms with Gasteiger partial charge in [0.15, 0.2) is 0 Å². The number of hydrogen-bond acceptors (Lipinski definition) is 2. The summed E-state index contributed by atoms with van der Waals surface area (Å²) in [4.78, 5) is 0. The molecule has 0 radical (unpaired) electrons. The molecule has 82 valence electrons. The highest BCUT2D eigenvalue weighted by atomic mass is 32.1. The Hall–Kier alpha value is -1.48. The Kier molecular flexibility index (Phi) is 3.47. The minimum Gasteiger partial charge on any atom is -0.283 e. The molecule has 3 heteroatoms. The molecule has 0 bridgehead atoms. The van der Waals surface area contributed by atoms with Crippen molar-refractivity contribution < 1.29 is 4.39 Å². The number of benzene rings is 2. The first-order chi connectivity index (χ1) is 7.79. The summed E-state index contributed by atoms with van der Waals surface area (Å²) >= 11 is 4.18. The summed E-state index contributed by atoms with van der Waals surface area (Å²) in [6.45, 7) is 0. The van der Waals surface area contributed by atoms with Crippen molar-refractivity contribution in [3.63, 3.8) is 0 Å². The molecule has 2 aromatic carbocycles. The molecule has 0 aliphatic rings. The first kappa shape index (κ1) is 11.0. The van der Waals surface area contributed by atoms with Crippen molar-refractivity contribution in [1.82, 2.24) is 0 Å². The van der Waals surface area contributed by atoms with Crippen LogP contribution < -0.4 is 4.31 Å². The van der Waals surface area contributed by atoms with Gasteiger partial charge in [-0.2, -0.15) is 0 Å². The zero-order chi connectivity index (χ0) is 11.4. The van der Waals surface area contributed by atoms with Crippen LogP contribution in [0.15, 0.2) is 60.7 Å². The van der Waals surface area contributed by atoms with E-state index in [9.17, 15) is 4.39 Å². The molecule has 0 aromatic heterocycles. The maximum absolute atomic E-state index is 14.1. The molecule has 0 saturated heterocycles. The van der Waals surface area contributed by atoms with E-state index >= 15 is 0 Å². The summed E-state index contributed by atoms with van der Waals surface area (Å²) in [7, 11) is 0. The van der Waals surface area contributed by atoms with Gasteiger partial charge in [0.1, 0.15) is 0 Å². The minimum atomic E-state index is -1.24. The van der Waals surface area contributed by atoms with Gasteiger partial charge in [-0.05, 0) is 12.1 Å². The lowest BCUT2D eigenvalue weighted by molar-refractivity contribution is 0.364. The molecule has 2 rings (SSSR count). The molecular weight excluding hydrogens is 221 g/mol. The fourth-order valence-corrected chi connectivity index (χ4v) is 1.73. The van der Waals surface area contributed by atoms with E-state index in [1.165, 1.54) is 4.31 Å². The summed E-state index contributed by atoms with van der Waals surface area (Å²) in [5.74, 6) is 0. The van der Waals surface area contributed by atoms with Gasteiger partial charge in [0.05, 0.1) is 5.69 Å². The van der Waals surface area contributed by atoms with E-state index in [-0.39, 0.29) is 0 Å². The van der Waals surface area contributed by atoms with E-state index in [1.807, 2.05) is 48.5 Å². The predicted molar refractivity (Wildman–Crippen MR) is 68.2 cm³/mol. The highest BCUT2D eigenvalue weighted by molar-refractivity contribution is 7.81. The molecule has 0 aliphatic carbocycles. The molecule has 0 saturated carbocycles. The molecule has 2 aromatic rings. The van der Waals surface area contributed by atoms with E-state index in [0.29, 0.717) is 5.56 Å². The fourth-order valence-electron chi connectivity index (χ4n) is 1.46. The quantitative estimate of drug-likeness (QED) is 0.619. The number of halogens is 1. The zero-order valence-corrected chi connectivity index (χ0v) is 9.52. The molecule has 0 heterocycles. The molecule has 1 atom stereocenters. The second-order valence-electron chi connectivity index (χ2n) is 3.43. The molecule has 0 N–H and O–H groups in total. The van der Waals surface area contributed by atoms with E-state index in [1.54, 1.807) is 12.1 Å². The van der Waals surface area contributed by atoms with E-state index in [0.717, 1.165) is 5.69 Å². The first-order valence-electron chi connectivity index (χ1n) is 5.01. The Labute approximate surface area is 100 Å². The molecule has 0 aliphatic heterocycles. The van der Waals surface area contributed by atoms with Crippen molar-refractivity contribution in [3.8, 4) is 0 Å². The average Bonchev–Trinajstić information content (AvgIpc) is 2.39. The maximum Gasteiger partial charge on any atom is 0.207 e. The monoisotopic (exact) mass is 233 g/mol. The molecule has 0 spiro atoms. The lowest BCUT2D eigenvalue weighted by Gasteiger charge is -2.22. The molecule has 1 unspecified atom stereocenters. The zero-order valence-electron chi connectivity index (χ0n) is 8.62. The Morgan fingerprint density at radius 1 is 0.875 bits per heavy atom. The van der Waals surface area contributed by atoms with Crippen LogP contribution in [-0.4, -0.2) is 0 Å². The summed E-state index contributed by atoms with van der Waals surface area (Å²) < 4.78 is 15.4. The first-order valence-corrected chi connectivity index (χ1v) is 5.41. The van der Waals surface area contributed by atoms with Crippen LogP contribution in [0.3, 0.4) is 0 Å². The van der Waals surface area contributed by atoms with Gasteiger partial charge >= 0.3 is 0 Å². The molecular formula is C13H12FNS. The number of rotatable bonds is 3. The second-order valence-corrected chi connectivity index (χ2v) is 3.86. The minimum absolute atomic E-state index is 0.598. The Bertz CT molecular complexity index is 389. The van der Waals surface area contributed by atoms with Crippen LogP contribution in [0.1, 0.15) is 11.9 Å². The Morgan fingerprint density at radius 2 is 1.38 bits per heavy atom. The van der Waals surface area contributed by atoms with Crippen molar-refractivity contribution in [3.05, 3.63) is 66.2 Å². The van der Waals surface area contributed by atoms with Crippen LogP contribution in [0, 0.1) is 0 Å². The van der Waals surface area contributed by atoms with Crippen molar-refractivity contribution in [1.29, 1.82) is 0 Å². The van der Waals surface area contributed by atoms with Gasteiger partial charge in [-0.25, -0.2) is 4.39 Å². The third-order valence-corrected chi connectivity index (χ3v) is 2.74. The van der Waals surface area contributed by atoms with E-state index in [4.69, 9.17) is 0 Å². The van der Waals surface area contributed by atoms with E-state index < -0.39 is 6.30 Å². The molecule has 16 heavy (non-hydrogen) atoms. The summed E-state index contributed by atoms with van der Waals surface area (Å²) in [6.07, 6.45) is -1.24. The summed E-state index contributed by atoms with van der Waals surface area (Å²) in [5, 5.41) is 0. The summed E-state index contributed by atoms with van der Waals surface area (Å²) in [6, 6.07) is 18.2. The number of anilines is 1. The summed E-state index contributed by atoms with van der Waals surface area (Å²) in [5.41, 5.74) is 1.34. The lowest BCUT2D eigenvalue weighted by atomic mass is 10.2. The predicted octanol–water partition coefficient (Wildman–Crippen LogP) is 4.01. The number of para-hydroxylation sites is 1. The van der Waals surface area contributed by atoms with Crippen molar-refractivity contribution in [2.75, 3.05) is 4.31 Å². The number of nitrogens with zero attached hydrogens (tertiary/aromatic N) is 1.